The van der Waals surface area contributed by atoms with Crippen molar-refractivity contribution in [2.75, 3.05) is 13.1 Å². The highest BCUT2D eigenvalue weighted by atomic mass is 35.5. The number of piperidine rings is 1. The third kappa shape index (κ3) is 5.79. The molecular formula is C16H26ClN3O2S. The molecule has 7 heteroatoms. The number of thiophene rings is 1. The minimum atomic E-state index is -0.406. The van der Waals surface area contributed by atoms with Crippen LogP contribution in [0, 0.1) is 5.92 Å². The van der Waals surface area contributed by atoms with Crippen molar-refractivity contribution in [1.82, 2.24) is 10.2 Å². The summed E-state index contributed by atoms with van der Waals surface area (Å²) in [6, 6.07) is 1.55. The van der Waals surface area contributed by atoms with Crippen LogP contribution in [0.25, 0.3) is 0 Å². The molecule has 1 aromatic heterocycles. The lowest BCUT2D eigenvalue weighted by Crippen LogP contribution is -2.51. The fraction of sp³-hybridized carbons (Fsp3) is 0.625. The number of hydrogen-bond donors (Lipinski definition) is 2. The van der Waals surface area contributed by atoms with E-state index in [9.17, 15) is 9.59 Å². The molecule has 0 radical (unpaired) electrons. The van der Waals surface area contributed by atoms with E-state index in [1.54, 1.807) is 0 Å². The summed E-state index contributed by atoms with van der Waals surface area (Å²) in [5.74, 6) is 0.431. The molecule has 23 heavy (non-hydrogen) atoms. The Morgan fingerprint density at radius 1 is 1.39 bits per heavy atom. The zero-order valence-electron chi connectivity index (χ0n) is 13.7. The third-order valence-electron chi connectivity index (χ3n) is 3.97. The lowest BCUT2D eigenvalue weighted by molar-refractivity contribution is -0.134. The fourth-order valence-electron chi connectivity index (χ4n) is 2.75. The second kappa shape index (κ2) is 9.25. The quantitative estimate of drug-likeness (QED) is 0.846. The van der Waals surface area contributed by atoms with Crippen molar-refractivity contribution in [1.29, 1.82) is 0 Å². The van der Waals surface area contributed by atoms with Gasteiger partial charge in [-0.2, -0.15) is 11.3 Å². The molecule has 1 aliphatic heterocycles. The zero-order chi connectivity index (χ0) is 16.1. The molecule has 2 amide bonds. The van der Waals surface area contributed by atoms with E-state index in [-0.39, 0.29) is 30.3 Å². The Morgan fingerprint density at radius 2 is 2.04 bits per heavy atom. The molecule has 0 aromatic carbocycles. The Hall–Kier alpha value is -1.11. The molecule has 1 aliphatic rings. The molecule has 5 nitrogen and oxygen atoms in total. The minimum absolute atomic E-state index is 0. The van der Waals surface area contributed by atoms with Crippen molar-refractivity contribution in [3.63, 3.8) is 0 Å². The van der Waals surface area contributed by atoms with Gasteiger partial charge in [0.05, 0.1) is 6.04 Å². The van der Waals surface area contributed by atoms with E-state index in [1.807, 2.05) is 21.7 Å². The van der Waals surface area contributed by atoms with Gasteiger partial charge in [-0.3, -0.25) is 9.59 Å². The van der Waals surface area contributed by atoms with E-state index < -0.39 is 6.04 Å². The molecule has 0 aliphatic carbocycles. The van der Waals surface area contributed by atoms with Crippen LogP contribution in [0.3, 0.4) is 0 Å². The maximum absolute atomic E-state index is 12.3. The first-order valence-electron chi connectivity index (χ1n) is 7.84. The van der Waals surface area contributed by atoms with Crippen LogP contribution in [0.2, 0.25) is 0 Å². The van der Waals surface area contributed by atoms with Gasteiger partial charge in [0.2, 0.25) is 5.91 Å². The molecule has 0 spiro atoms. The fourth-order valence-corrected chi connectivity index (χ4v) is 3.39. The maximum Gasteiger partial charge on any atom is 0.252 e. The number of nitrogens with one attached hydrogen (secondary N) is 1. The van der Waals surface area contributed by atoms with E-state index in [1.165, 1.54) is 11.3 Å². The zero-order valence-corrected chi connectivity index (χ0v) is 15.3. The largest absolute Gasteiger partial charge is 0.349 e. The smallest absolute Gasteiger partial charge is 0.252 e. The van der Waals surface area contributed by atoms with Crippen LogP contribution in [-0.4, -0.2) is 41.9 Å². The van der Waals surface area contributed by atoms with Gasteiger partial charge in [-0.1, -0.05) is 13.8 Å². The molecule has 0 unspecified atom stereocenters. The lowest BCUT2D eigenvalue weighted by Gasteiger charge is -2.34. The summed E-state index contributed by atoms with van der Waals surface area (Å²) in [7, 11) is 0. The molecule has 1 atom stereocenters. The number of carbonyl (C=O) groups excluding carboxylic acids is 2. The number of rotatable bonds is 5. The number of carbonyl (C=O) groups is 2. The highest BCUT2D eigenvalue weighted by molar-refractivity contribution is 7.08. The Balaban J connectivity index is 0.00000264. The normalized spacial score (nSPS) is 16.8. The Morgan fingerprint density at radius 3 is 2.57 bits per heavy atom. The van der Waals surface area contributed by atoms with Gasteiger partial charge in [0.25, 0.3) is 5.91 Å². The van der Waals surface area contributed by atoms with Gasteiger partial charge in [-0.25, -0.2) is 0 Å². The predicted octanol–water partition coefficient (Wildman–Crippen LogP) is 2.26. The van der Waals surface area contributed by atoms with E-state index in [2.05, 4.69) is 19.2 Å². The highest BCUT2D eigenvalue weighted by Gasteiger charge is 2.27. The summed E-state index contributed by atoms with van der Waals surface area (Å²) in [6.07, 6.45) is 2.29. The van der Waals surface area contributed by atoms with Gasteiger partial charge in [0, 0.05) is 30.1 Å². The molecule has 1 aromatic rings. The van der Waals surface area contributed by atoms with Gasteiger partial charge in [0.1, 0.15) is 0 Å². The highest BCUT2D eigenvalue weighted by Crippen LogP contribution is 2.15. The van der Waals surface area contributed by atoms with Crippen molar-refractivity contribution in [3.8, 4) is 0 Å². The van der Waals surface area contributed by atoms with E-state index in [0.29, 0.717) is 31.0 Å². The number of nitrogens with zero attached hydrogens (tertiary/aromatic N) is 1. The van der Waals surface area contributed by atoms with Gasteiger partial charge < -0.3 is 16.0 Å². The van der Waals surface area contributed by atoms with Crippen molar-refractivity contribution >= 4 is 35.6 Å². The molecule has 3 N–H and O–H groups in total. The molecule has 130 valence electrons. The van der Waals surface area contributed by atoms with Gasteiger partial charge in [0.15, 0.2) is 0 Å². The van der Waals surface area contributed by atoms with E-state index in [4.69, 9.17) is 5.73 Å². The van der Waals surface area contributed by atoms with Crippen molar-refractivity contribution in [2.45, 2.75) is 45.2 Å². The number of halogens is 1. The summed E-state index contributed by atoms with van der Waals surface area (Å²) in [5.41, 5.74) is 6.68. The topological polar surface area (TPSA) is 75.4 Å². The Labute approximate surface area is 148 Å². The van der Waals surface area contributed by atoms with Gasteiger partial charge in [-0.05, 0) is 36.6 Å². The molecular weight excluding hydrogens is 334 g/mol. The number of likely N-dealkylation sites (tertiary alicyclic amines) is 1. The third-order valence-corrected chi connectivity index (χ3v) is 4.65. The first-order valence-corrected chi connectivity index (χ1v) is 8.79. The van der Waals surface area contributed by atoms with Gasteiger partial charge in [-0.15, -0.1) is 12.4 Å². The maximum atomic E-state index is 12.3. The molecule has 1 fully saturated rings. The average molecular weight is 360 g/mol. The summed E-state index contributed by atoms with van der Waals surface area (Å²) in [4.78, 5) is 26.1. The van der Waals surface area contributed by atoms with Crippen LogP contribution in [0.4, 0.5) is 0 Å². The van der Waals surface area contributed by atoms with Crippen LogP contribution in [0.15, 0.2) is 16.8 Å². The van der Waals surface area contributed by atoms with Crippen molar-refractivity contribution < 1.29 is 9.59 Å². The summed E-state index contributed by atoms with van der Waals surface area (Å²) in [6.45, 7) is 5.47. The van der Waals surface area contributed by atoms with Crippen LogP contribution in [0.5, 0.6) is 0 Å². The molecule has 2 rings (SSSR count). The number of hydrogen-bond acceptors (Lipinski definition) is 4. The summed E-state index contributed by atoms with van der Waals surface area (Å²) >= 11 is 1.51. The Bertz CT molecular complexity index is 499. The number of amides is 2. The first kappa shape index (κ1) is 19.9. The monoisotopic (exact) mass is 359 g/mol. The second-order valence-electron chi connectivity index (χ2n) is 6.32. The number of nitrogens with two attached hydrogens (primary N) is 1. The Kier molecular flexibility index (Phi) is 8.02. The van der Waals surface area contributed by atoms with Crippen molar-refractivity contribution in [3.05, 3.63) is 22.4 Å². The average Bonchev–Trinajstić information content (AvgIpc) is 3.01. The molecule has 0 saturated carbocycles. The van der Waals surface area contributed by atoms with Gasteiger partial charge >= 0.3 is 0 Å². The SMILES string of the molecule is CC(C)C[C@H](N)C(=O)N1CCC(NC(=O)c2ccsc2)CC1.Cl. The van der Waals surface area contributed by atoms with Crippen LogP contribution < -0.4 is 11.1 Å². The molecule has 0 bridgehead atoms. The standard InChI is InChI=1S/C16H25N3O2S.ClH/c1-11(2)9-14(17)16(21)19-6-3-13(4-7-19)18-15(20)12-5-8-22-10-12;/h5,8,10-11,13-14H,3-4,6-7,9,17H2,1-2H3,(H,18,20);1H/t14-;/m0./s1. The lowest BCUT2D eigenvalue weighted by atomic mass is 10.0. The minimum Gasteiger partial charge on any atom is -0.349 e. The summed E-state index contributed by atoms with van der Waals surface area (Å²) < 4.78 is 0. The van der Waals surface area contributed by atoms with E-state index >= 15 is 0 Å². The molecule has 2 heterocycles. The van der Waals surface area contributed by atoms with Crippen LogP contribution >= 0.6 is 23.7 Å². The van der Waals surface area contributed by atoms with E-state index in [0.717, 1.165) is 12.8 Å². The molecule has 1 saturated heterocycles. The van der Waals surface area contributed by atoms with Crippen molar-refractivity contribution in [2.24, 2.45) is 11.7 Å². The summed E-state index contributed by atoms with van der Waals surface area (Å²) in [5, 5.41) is 6.78. The first-order chi connectivity index (χ1) is 10.5. The second-order valence-corrected chi connectivity index (χ2v) is 7.10. The predicted molar refractivity (Wildman–Crippen MR) is 96.1 cm³/mol. The van der Waals surface area contributed by atoms with Crippen LogP contribution in [0.1, 0.15) is 43.5 Å². The van der Waals surface area contributed by atoms with Crippen LogP contribution in [-0.2, 0) is 4.79 Å².